The van der Waals surface area contributed by atoms with Gasteiger partial charge in [-0.1, -0.05) is 167 Å². The number of hydrogen-bond donors (Lipinski definition) is 7. The first kappa shape index (κ1) is 107. The van der Waals surface area contributed by atoms with E-state index in [0.717, 1.165) is 45.4 Å². The highest BCUT2D eigenvalue weighted by Crippen LogP contribution is 2.69. The summed E-state index contributed by atoms with van der Waals surface area (Å²) < 4.78 is 26.5. The van der Waals surface area contributed by atoms with Crippen LogP contribution in [-0.2, 0) is 57.3 Å². The summed E-state index contributed by atoms with van der Waals surface area (Å²) in [7, 11) is 1.94. The average Bonchev–Trinajstić information content (AvgIpc) is 1.37. The lowest BCUT2D eigenvalue weighted by Crippen LogP contribution is -2.63. The first-order valence-electron chi connectivity index (χ1n) is 43.6. The zero-order chi connectivity index (χ0) is 83.7. The number of amides is 2. The second kappa shape index (κ2) is 53.0. The predicted molar refractivity (Wildman–Crippen MR) is 455 cm³/mol. The number of ketones is 6. The molecule has 4 aliphatic rings. The number of nitrogens with one attached hydrogen (secondary N) is 7. The molecule has 0 aliphatic heterocycles. The van der Waals surface area contributed by atoms with Crippen LogP contribution in [-0.4, -0.2) is 170 Å². The summed E-state index contributed by atoms with van der Waals surface area (Å²) in [6, 6.07) is -0.730. The van der Waals surface area contributed by atoms with E-state index in [1.807, 2.05) is 62.4 Å². The van der Waals surface area contributed by atoms with Crippen LogP contribution in [0.1, 0.15) is 331 Å². The van der Waals surface area contributed by atoms with Crippen molar-refractivity contribution in [1.29, 1.82) is 0 Å². The Morgan fingerprint density at radius 1 is 0.418 bits per heavy atom. The van der Waals surface area contributed by atoms with Gasteiger partial charge in [-0.05, 0) is 206 Å². The molecule has 19 nitrogen and oxygen atoms in total. The molecule has 7 N–H and O–H groups in total. The van der Waals surface area contributed by atoms with Crippen LogP contribution in [0, 0.1) is 81.8 Å². The molecular weight excluding hydrogens is 1380 g/mol. The topological polar surface area (TPSA) is 258 Å². The molecule has 4 fully saturated rings. The lowest BCUT2D eigenvalue weighted by molar-refractivity contribution is -0.238. The van der Waals surface area contributed by atoms with Gasteiger partial charge in [0.2, 0.25) is 11.8 Å². The van der Waals surface area contributed by atoms with Gasteiger partial charge < -0.3 is 56.2 Å². The highest BCUT2D eigenvalue weighted by atomic mass is 16.5. The monoisotopic (exact) mass is 1560 g/mol. The van der Waals surface area contributed by atoms with Crippen LogP contribution in [0.4, 0.5) is 0 Å². The number of fused-ring (bicyclic) bond motifs is 5. The molecule has 0 aromatic carbocycles. The predicted octanol–water partition coefficient (Wildman–Crippen LogP) is 16.4. The molecule has 16 atom stereocenters. The molecule has 0 bridgehead atoms. The molecule has 4 rings (SSSR count). The summed E-state index contributed by atoms with van der Waals surface area (Å²) in [6.07, 6.45) is 15.6. The van der Waals surface area contributed by atoms with Gasteiger partial charge >= 0.3 is 0 Å². The number of ether oxygens (including phenoxy) is 4. The first-order chi connectivity index (χ1) is 50.6. The van der Waals surface area contributed by atoms with Crippen LogP contribution < -0.4 is 37.2 Å². The molecule has 4 aliphatic carbocycles. The van der Waals surface area contributed by atoms with Gasteiger partial charge in [-0.2, -0.15) is 0 Å². The number of carbonyl (C=O) groups is 8. The van der Waals surface area contributed by atoms with Crippen LogP contribution in [0.3, 0.4) is 0 Å². The Labute approximate surface area is 674 Å². The third kappa shape index (κ3) is 37.3. The van der Waals surface area contributed by atoms with E-state index in [9.17, 15) is 38.4 Å². The van der Waals surface area contributed by atoms with Crippen molar-refractivity contribution in [2.24, 2.45) is 81.8 Å². The molecule has 0 radical (unpaired) electrons. The maximum atomic E-state index is 12.8. The first-order valence-corrected chi connectivity index (χ1v) is 43.6. The molecule has 2 amide bonds. The molecule has 0 aromatic heterocycles. The fourth-order valence-corrected chi connectivity index (χ4v) is 17.6. The van der Waals surface area contributed by atoms with Crippen molar-refractivity contribution >= 4 is 46.5 Å². The van der Waals surface area contributed by atoms with Gasteiger partial charge in [0.25, 0.3) is 0 Å². The molecule has 110 heavy (non-hydrogen) atoms. The van der Waals surface area contributed by atoms with E-state index in [4.69, 9.17) is 18.9 Å². The SMILES string of the molecule is C.CC(C)NC(CCC(=O)NC(CCC(=O)NC(CCC(=O)C(C)C)C(=O)C(C)C)C(=O)C(C)C)C(=O)C(C)C.CC(C)NCCCC(NC(C)C)C(=O)C(C)C.CC(C)OC[C@@H](C)C1CCC2C3C(OC(C)C)CC4CC(OC(C)C)CCC4(C)C3CC(OC(C)C)C21C.CNCCC[C@H](NC(C)C)C(=O)C(C)C. The summed E-state index contributed by atoms with van der Waals surface area (Å²) in [5.74, 6) is 2.65. The van der Waals surface area contributed by atoms with Crippen molar-refractivity contribution in [3.05, 3.63) is 0 Å². The Balaban J connectivity index is 0.00000155. The number of hydrogen-bond acceptors (Lipinski definition) is 17. The zero-order valence-corrected chi connectivity index (χ0v) is 75.7. The van der Waals surface area contributed by atoms with Crippen LogP contribution >= 0.6 is 0 Å². The van der Waals surface area contributed by atoms with Gasteiger partial charge in [0, 0.05) is 91.0 Å². The molecule has 0 heterocycles. The van der Waals surface area contributed by atoms with Gasteiger partial charge in [0.05, 0.1) is 72.9 Å². The molecule has 19 heteroatoms. The normalized spacial score (nSPS) is 24.1. The van der Waals surface area contributed by atoms with E-state index >= 15 is 0 Å². The van der Waals surface area contributed by atoms with E-state index in [-0.39, 0.29) is 146 Å². The molecule has 0 aromatic rings. The number of Topliss-reactive ketones (excluding diaryl/α,β-unsaturated/α-hetero) is 6. The van der Waals surface area contributed by atoms with E-state index in [2.05, 4.69) is 155 Å². The summed E-state index contributed by atoms with van der Waals surface area (Å²) in [5.41, 5.74) is 0.521. The quantitative estimate of drug-likeness (QED) is 0.0280. The fraction of sp³-hybridized carbons (Fsp3) is 0.912. The molecular formula is C91H175N7O12. The highest BCUT2D eigenvalue weighted by Gasteiger charge is 2.67. The maximum Gasteiger partial charge on any atom is 0.220 e. The third-order valence-electron chi connectivity index (χ3n) is 23.1. The average molecular weight is 1560 g/mol. The second-order valence-corrected chi connectivity index (χ2v) is 37.7. The Morgan fingerprint density at radius 2 is 0.827 bits per heavy atom. The van der Waals surface area contributed by atoms with Gasteiger partial charge in [-0.25, -0.2) is 0 Å². The van der Waals surface area contributed by atoms with Crippen molar-refractivity contribution in [2.45, 2.75) is 428 Å². The molecule has 0 saturated heterocycles. The fourth-order valence-electron chi connectivity index (χ4n) is 17.6. The van der Waals surface area contributed by atoms with Crippen LogP contribution in [0.25, 0.3) is 0 Å². The molecule has 4 saturated carbocycles. The molecule has 0 spiro atoms. The highest BCUT2D eigenvalue weighted by molar-refractivity contribution is 5.93. The van der Waals surface area contributed by atoms with Crippen molar-refractivity contribution in [3.8, 4) is 0 Å². The maximum absolute atomic E-state index is 12.8. The van der Waals surface area contributed by atoms with Gasteiger partial charge in [-0.15, -0.1) is 0 Å². The third-order valence-corrected chi connectivity index (χ3v) is 23.1. The van der Waals surface area contributed by atoms with E-state index < -0.39 is 24.0 Å². The van der Waals surface area contributed by atoms with E-state index in [1.54, 1.807) is 41.5 Å². The summed E-state index contributed by atoms with van der Waals surface area (Å²) >= 11 is 0. The smallest absolute Gasteiger partial charge is 0.220 e. The zero-order valence-electron chi connectivity index (χ0n) is 75.7. The lowest BCUT2D eigenvalue weighted by Gasteiger charge is -2.65. The van der Waals surface area contributed by atoms with E-state index in [1.165, 1.54) is 44.9 Å². The van der Waals surface area contributed by atoms with Gasteiger partial charge in [-0.3, -0.25) is 38.4 Å². The van der Waals surface area contributed by atoms with Crippen LogP contribution in [0.5, 0.6) is 0 Å². The van der Waals surface area contributed by atoms with Crippen molar-refractivity contribution in [1.82, 2.24) is 37.2 Å². The number of carbonyl (C=O) groups excluding carboxylic acids is 8. The molecule has 14 unspecified atom stereocenters. The standard InChI is InChI=1S/C34H62O4.C30H53N3O6.C14H30N2O.C12H26N2O.CH4/c1-20(2)35-19-24(9)27-12-13-28-32-29(18-31(34(27,28)11)38-23(7)8)33(10)15-14-26(36-21(3)4)16-25(33)17-30(32)37-22(5)6;1-17(2)25(34)14-11-23(29(38)19(5)6)32-27(36)16-13-24(30(39)20(7)8)33-26(35)15-12-22(31-21(9)10)28(37)18(3)4;1-10(2)14(17)13(16-12(5)6)8-7-9-15-11(3)4;1-9(2)12(15)11(14-10(3)4)7-6-8-13-5;/h20-32H,12-19H2,1-11H3;17-24,31H,11-16H2,1-10H3,(H,32,36)(H,33,35);10-13,15-16H,7-9H2,1-6H3;9-11,13-14H,6-8H2,1-5H3;1H4/t24-,25?,26?,27?,28?,29?,30?,31?,32?,33?,34?;;;11-;/m1..0./s1. The minimum Gasteiger partial charge on any atom is -0.379 e. The lowest BCUT2D eigenvalue weighted by atomic mass is 9.43. The minimum atomic E-state index is -0.859. The minimum absolute atomic E-state index is 0. The Bertz CT molecular complexity index is 2640. The second-order valence-electron chi connectivity index (χ2n) is 37.7. The largest absolute Gasteiger partial charge is 0.379 e. The van der Waals surface area contributed by atoms with Gasteiger partial charge in [0.15, 0.2) is 28.9 Å². The van der Waals surface area contributed by atoms with Crippen molar-refractivity contribution < 1.29 is 57.3 Å². The summed E-state index contributed by atoms with van der Waals surface area (Å²) in [6.45, 7) is 66.7. The van der Waals surface area contributed by atoms with Crippen molar-refractivity contribution in [3.63, 3.8) is 0 Å². The van der Waals surface area contributed by atoms with Crippen LogP contribution in [0.2, 0.25) is 0 Å². The Morgan fingerprint density at radius 3 is 1.22 bits per heavy atom. The van der Waals surface area contributed by atoms with Gasteiger partial charge in [0.1, 0.15) is 5.78 Å². The summed E-state index contributed by atoms with van der Waals surface area (Å²) in [4.78, 5) is 99.6. The molecule has 646 valence electrons. The van der Waals surface area contributed by atoms with E-state index in [0.29, 0.717) is 101 Å². The Kier molecular flexibility index (Phi) is 51.4. The Hall–Kier alpha value is -3.40. The summed E-state index contributed by atoms with van der Waals surface area (Å²) in [5, 5.41) is 21.9. The number of rotatable bonds is 47. The van der Waals surface area contributed by atoms with Crippen LogP contribution in [0.15, 0.2) is 0 Å². The van der Waals surface area contributed by atoms with Crippen molar-refractivity contribution in [2.75, 3.05) is 26.7 Å².